The van der Waals surface area contributed by atoms with E-state index in [0.717, 1.165) is 3.79 Å². The van der Waals surface area contributed by atoms with Gasteiger partial charge >= 0.3 is 5.97 Å². The first-order valence-electron chi connectivity index (χ1n) is 4.68. The third-order valence-electron chi connectivity index (χ3n) is 2.03. The van der Waals surface area contributed by atoms with Gasteiger partial charge in [0.05, 0.1) is 16.5 Å². The number of hydrogen-bond acceptors (Lipinski definition) is 4. The van der Waals surface area contributed by atoms with Crippen molar-refractivity contribution in [2.24, 2.45) is 0 Å². The summed E-state index contributed by atoms with van der Waals surface area (Å²) in [6.07, 6.45) is 0. The van der Waals surface area contributed by atoms with Crippen LogP contribution < -0.4 is 0 Å². The Morgan fingerprint density at radius 2 is 2.25 bits per heavy atom. The molecule has 0 aliphatic heterocycles. The van der Waals surface area contributed by atoms with Crippen LogP contribution in [0.2, 0.25) is 0 Å². The highest BCUT2D eigenvalue weighted by Crippen LogP contribution is 2.21. The van der Waals surface area contributed by atoms with Crippen molar-refractivity contribution in [2.75, 3.05) is 20.2 Å². The number of nitrogens with zero attached hydrogens (tertiary/aromatic N) is 1. The summed E-state index contributed by atoms with van der Waals surface area (Å²) in [5.41, 5.74) is 0.586. The first kappa shape index (κ1) is 13.2. The van der Waals surface area contributed by atoms with E-state index in [1.807, 2.05) is 6.92 Å². The van der Waals surface area contributed by atoms with Gasteiger partial charge in [-0.25, -0.2) is 0 Å². The highest BCUT2D eigenvalue weighted by Gasteiger charge is 2.18. The van der Waals surface area contributed by atoms with E-state index in [1.165, 1.54) is 23.3 Å². The van der Waals surface area contributed by atoms with Crippen LogP contribution in [0.4, 0.5) is 0 Å². The second-order valence-electron chi connectivity index (χ2n) is 3.03. The number of rotatable bonds is 4. The van der Waals surface area contributed by atoms with E-state index in [0.29, 0.717) is 12.1 Å². The molecule has 0 bridgehead atoms. The van der Waals surface area contributed by atoms with Gasteiger partial charge in [-0.15, -0.1) is 11.3 Å². The van der Waals surface area contributed by atoms with Crippen molar-refractivity contribution in [1.29, 1.82) is 0 Å². The van der Waals surface area contributed by atoms with Gasteiger partial charge in [-0.3, -0.25) is 9.59 Å². The molecule has 0 aromatic carbocycles. The number of amides is 1. The van der Waals surface area contributed by atoms with Gasteiger partial charge in [0.2, 0.25) is 0 Å². The monoisotopic (exact) mass is 305 g/mol. The number of esters is 1. The molecule has 1 heterocycles. The zero-order valence-electron chi connectivity index (χ0n) is 9.03. The van der Waals surface area contributed by atoms with Crippen LogP contribution >= 0.6 is 27.3 Å². The molecular formula is C10H12BrNO3S. The second kappa shape index (κ2) is 6.00. The zero-order valence-corrected chi connectivity index (χ0v) is 11.4. The molecule has 1 aromatic rings. The van der Waals surface area contributed by atoms with Gasteiger partial charge in [-0.1, -0.05) is 0 Å². The van der Waals surface area contributed by atoms with Crippen LogP contribution in [-0.2, 0) is 9.53 Å². The predicted molar refractivity (Wildman–Crippen MR) is 65.6 cm³/mol. The van der Waals surface area contributed by atoms with E-state index in [4.69, 9.17) is 0 Å². The van der Waals surface area contributed by atoms with Crippen LogP contribution in [0.3, 0.4) is 0 Å². The average molecular weight is 306 g/mol. The molecule has 1 rings (SSSR count). The van der Waals surface area contributed by atoms with Crippen molar-refractivity contribution >= 4 is 39.1 Å². The number of halogens is 1. The lowest BCUT2D eigenvalue weighted by Gasteiger charge is -2.18. The highest BCUT2D eigenvalue weighted by molar-refractivity contribution is 9.11. The fourth-order valence-electron chi connectivity index (χ4n) is 1.15. The van der Waals surface area contributed by atoms with E-state index in [9.17, 15) is 9.59 Å². The molecule has 0 spiro atoms. The Labute approximate surface area is 106 Å². The molecule has 0 fully saturated rings. The van der Waals surface area contributed by atoms with Gasteiger partial charge in [0.15, 0.2) is 0 Å². The van der Waals surface area contributed by atoms with Gasteiger partial charge in [0.25, 0.3) is 5.91 Å². The number of thiophene rings is 1. The number of likely N-dealkylation sites (N-methyl/N-ethyl adjacent to an activating group) is 1. The van der Waals surface area contributed by atoms with Crippen molar-refractivity contribution in [3.8, 4) is 0 Å². The molecule has 0 unspecified atom stereocenters. The Kier molecular flexibility index (Phi) is 4.95. The Balaban J connectivity index is 2.73. The summed E-state index contributed by atoms with van der Waals surface area (Å²) >= 11 is 4.73. The van der Waals surface area contributed by atoms with Crippen molar-refractivity contribution in [2.45, 2.75) is 6.92 Å². The van der Waals surface area contributed by atoms with Crippen molar-refractivity contribution in [1.82, 2.24) is 4.90 Å². The summed E-state index contributed by atoms with van der Waals surface area (Å²) in [6, 6.07) is 1.74. The molecule has 1 amide bonds. The summed E-state index contributed by atoms with van der Waals surface area (Å²) in [7, 11) is 1.31. The van der Waals surface area contributed by atoms with Gasteiger partial charge in [-0.05, 0) is 28.9 Å². The highest BCUT2D eigenvalue weighted by atomic mass is 79.9. The van der Waals surface area contributed by atoms with Crippen LogP contribution in [0.15, 0.2) is 15.2 Å². The Morgan fingerprint density at radius 3 is 2.69 bits per heavy atom. The molecule has 88 valence electrons. The van der Waals surface area contributed by atoms with Gasteiger partial charge in [0, 0.05) is 11.9 Å². The standard InChI is InChI=1S/C10H12BrNO3S/c1-3-12(5-9(13)15-2)10(14)7-4-8(11)16-6-7/h4,6H,3,5H2,1-2H3. The van der Waals surface area contributed by atoms with Crippen LogP contribution in [-0.4, -0.2) is 37.0 Å². The van der Waals surface area contributed by atoms with Crippen LogP contribution in [0.25, 0.3) is 0 Å². The third-order valence-corrected chi connectivity index (χ3v) is 3.54. The first-order valence-corrected chi connectivity index (χ1v) is 6.35. The second-order valence-corrected chi connectivity index (χ2v) is 5.33. The molecule has 0 N–H and O–H groups in total. The fraction of sp³-hybridized carbons (Fsp3) is 0.400. The number of carbonyl (C=O) groups excluding carboxylic acids is 2. The Morgan fingerprint density at radius 1 is 1.56 bits per heavy atom. The molecule has 0 aliphatic rings. The summed E-state index contributed by atoms with van der Waals surface area (Å²) in [5.74, 6) is -0.570. The molecule has 0 aliphatic carbocycles. The molecule has 0 saturated carbocycles. The van der Waals surface area contributed by atoms with Crippen LogP contribution in [0.1, 0.15) is 17.3 Å². The van der Waals surface area contributed by atoms with E-state index >= 15 is 0 Å². The lowest BCUT2D eigenvalue weighted by Crippen LogP contribution is -2.35. The minimum Gasteiger partial charge on any atom is -0.468 e. The first-order chi connectivity index (χ1) is 7.58. The summed E-state index contributed by atoms with van der Waals surface area (Å²) in [5, 5.41) is 1.76. The minimum absolute atomic E-state index is 0.0146. The zero-order chi connectivity index (χ0) is 12.1. The van der Waals surface area contributed by atoms with Crippen LogP contribution in [0.5, 0.6) is 0 Å². The van der Waals surface area contributed by atoms with E-state index in [1.54, 1.807) is 11.4 Å². The molecule has 0 radical (unpaired) electrons. The Hall–Kier alpha value is -0.880. The summed E-state index contributed by atoms with van der Waals surface area (Å²) < 4.78 is 5.43. The Bertz CT molecular complexity index is 391. The van der Waals surface area contributed by atoms with Gasteiger partial charge in [-0.2, -0.15) is 0 Å². The van der Waals surface area contributed by atoms with E-state index in [-0.39, 0.29) is 12.5 Å². The molecule has 0 saturated heterocycles. The average Bonchev–Trinajstić information content (AvgIpc) is 2.71. The summed E-state index contributed by atoms with van der Waals surface area (Å²) in [6.45, 7) is 2.28. The van der Waals surface area contributed by atoms with Crippen molar-refractivity contribution < 1.29 is 14.3 Å². The quantitative estimate of drug-likeness (QED) is 0.801. The molecular weight excluding hydrogens is 294 g/mol. The fourth-order valence-corrected chi connectivity index (χ4v) is 2.28. The minimum atomic E-state index is -0.413. The maximum absolute atomic E-state index is 11.9. The number of carbonyl (C=O) groups is 2. The molecule has 0 atom stereocenters. The predicted octanol–water partition coefficient (Wildman–Crippen LogP) is 2.15. The maximum Gasteiger partial charge on any atom is 0.325 e. The SMILES string of the molecule is CCN(CC(=O)OC)C(=O)c1csc(Br)c1. The van der Waals surface area contributed by atoms with Crippen molar-refractivity contribution in [3.05, 3.63) is 20.8 Å². The summed E-state index contributed by atoms with van der Waals surface area (Å²) in [4.78, 5) is 24.5. The smallest absolute Gasteiger partial charge is 0.325 e. The van der Waals surface area contributed by atoms with Crippen molar-refractivity contribution in [3.63, 3.8) is 0 Å². The largest absolute Gasteiger partial charge is 0.468 e. The van der Waals surface area contributed by atoms with Gasteiger partial charge in [0.1, 0.15) is 6.54 Å². The van der Waals surface area contributed by atoms with Crippen LogP contribution in [0, 0.1) is 0 Å². The number of ether oxygens (including phenoxy) is 1. The van der Waals surface area contributed by atoms with E-state index in [2.05, 4.69) is 20.7 Å². The molecule has 6 heteroatoms. The lowest BCUT2D eigenvalue weighted by molar-refractivity contribution is -0.141. The molecule has 1 aromatic heterocycles. The number of hydrogen-bond donors (Lipinski definition) is 0. The topological polar surface area (TPSA) is 46.6 Å². The molecule has 4 nitrogen and oxygen atoms in total. The van der Waals surface area contributed by atoms with Gasteiger partial charge < -0.3 is 9.64 Å². The maximum atomic E-state index is 11.9. The third kappa shape index (κ3) is 3.31. The normalized spacial score (nSPS) is 9.94. The lowest BCUT2D eigenvalue weighted by atomic mass is 10.3. The van der Waals surface area contributed by atoms with E-state index < -0.39 is 5.97 Å². The molecule has 16 heavy (non-hydrogen) atoms. The number of methoxy groups -OCH3 is 1.